The molecule has 0 radical (unpaired) electrons. The van der Waals surface area contributed by atoms with E-state index in [2.05, 4.69) is 0 Å². The third-order valence-corrected chi connectivity index (χ3v) is 6.41. The van der Waals surface area contributed by atoms with Gasteiger partial charge in [-0.3, -0.25) is 9.10 Å². The Morgan fingerprint density at radius 2 is 1.81 bits per heavy atom. The lowest BCUT2D eigenvalue weighted by atomic mass is 9.93. The van der Waals surface area contributed by atoms with Crippen molar-refractivity contribution in [1.29, 1.82) is 0 Å². The fraction of sp³-hybridized carbons (Fsp3) is 0.389. The van der Waals surface area contributed by atoms with Crippen molar-refractivity contribution in [2.45, 2.75) is 18.7 Å². The Morgan fingerprint density at radius 1 is 1.19 bits per heavy atom. The molecular weight excluding hydrogens is 374 g/mol. The zero-order valence-corrected chi connectivity index (χ0v) is 16.7. The molecule has 0 fully saturated rings. The van der Waals surface area contributed by atoms with Crippen molar-refractivity contribution in [1.82, 2.24) is 4.90 Å². The predicted molar refractivity (Wildman–Crippen MR) is 106 cm³/mol. The number of anilines is 1. The Bertz CT molecular complexity index is 939. The summed E-state index contributed by atoms with van der Waals surface area (Å²) in [6.07, 6.45) is 0. The van der Waals surface area contributed by atoms with Gasteiger partial charge in [0.1, 0.15) is 6.54 Å². The number of hydrogen-bond donors (Lipinski definition) is 1. The summed E-state index contributed by atoms with van der Waals surface area (Å²) in [6, 6.07) is 10.6. The van der Waals surface area contributed by atoms with Crippen LogP contribution in [0.5, 0.6) is 0 Å². The predicted octanol–water partition coefficient (Wildman–Crippen LogP) is 2.21. The second-order valence-electron chi connectivity index (χ2n) is 7.26. The van der Waals surface area contributed by atoms with Crippen molar-refractivity contribution in [2.75, 3.05) is 31.0 Å². The van der Waals surface area contributed by atoms with E-state index in [-0.39, 0.29) is 35.2 Å². The Hall–Kier alpha value is -1.83. The lowest BCUT2D eigenvalue weighted by molar-refractivity contribution is -0.129. The van der Waals surface area contributed by atoms with E-state index < -0.39 is 10.0 Å². The SMILES string of the molecule is CN(CC(C)(C)CN)C(=O)CN1c2cccc3cccc(c23)S1(=O)=O.Cl. The van der Waals surface area contributed by atoms with Crippen LogP contribution < -0.4 is 10.0 Å². The van der Waals surface area contributed by atoms with Gasteiger partial charge in [-0.05, 0) is 29.5 Å². The molecule has 0 unspecified atom stereocenters. The fourth-order valence-electron chi connectivity index (χ4n) is 3.17. The van der Waals surface area contributed by atoms with E-state index in [4.69, 9.17) is 5.73 Å². The molecule has 1 aliphatic heterocycles. The van der Waals surface area contributed by atoms with Crippen molar-refractivity contribution in [2.24, 2.45) is 11.1 Å². The summed E-state index contributed by atoms with van der Waals surface area (Å²) >= 11 is 0. The molecule has 0 aromatic heterocycles. The van der Waals surface area contributed by atoms with Gasteiger partial charge >= 0.3 is 0 Å². The van der Waals surface area contributed by atoms with Gasteiger partial charge in [-0.25, -0.2) is 8.42 Å². The second-order valence-corrected chi connectivity index (χ2v) is 9.09. The van der Waals surface area contributed by atoms with Crippen molar-refractivity contribution < 1.29 is 13.2 Å². The van der Waals surface area contributed by atoms with Gasteiger partial charge in [0.05, 0.1) is 10.6 Å². The Kier molecular flexibility index (Phi) is 5.56. The average molecular weight is 398 g/mol. The zero-order chi connectivity index (χ0) is 18.4. The molecule has 26 heavy (non-hydrogen) atoms. The molecule has 0 saturated carbocycles. The van der Waals surface area contributed by atoms with E-state index >= 15 is 0 Å². The van der Waals surface area contributed by atoms with Crippen molar-refractivity contribution in [3.8, 4) is 0 Å². The maximum atomic E-state index is 12.9. The number of benzene rings is 2. The minimum absolute atomic E-state index is 0. The summed E-state index contributed by atoms with van der Waals surface area (Å²) in [5.74, 6) is -0.255. The fourth-order valence-corrected chi connectivity index (χ4v) is 4.83. The molecule has 0 spiro atoms. The van der Waals surface area contributed by atoms with E-state index in [0.717, 1.165) is 5.39 Å². The molecule has 2 aromatic carbocycles. The number of nitrogens with zero attached hydrogens (tertiary/aromatic N) is 2. The van der Waals surface area contributed by atoms with Gasteiger partial charge in [-0.2, -0.15) is 0 Å². The van der Waals surface area contributed by atoms with Crippen LogP contribution in [0.3, 0.4) is 0 Å². The molecular formula is C18H24ClN3O3S. The van der Waals surface area contributed by atoms with E-state index in [0.29, 0.717) is 24.2 Å². The smallest absolute Gasteiger partial charge is 0.265 e. The van der Waals surface area contributed by atoms with Crippen LogP contribution in [0.1, 0.15) is 13.8 Å². The third kappa shape index (κ3) is 3.39. The number of halogens is 1. The number of sulfonamides is 1. The van der Waals surface area contributed by atoms with Crippen molar-refractivity contribution >= 4 is 44.8 Å². The molecule has 8 heteroatoms. The molecule has 1 amide bonds. The zero-order valence-electron chi connectivity index (χ0n) is 15.1. The monoisotopic (exact) mass is 397 g/mol. The summed E-state index contributed by atoms with van der Waals surface area (Å²) in [5.41, 5.74) is 6.06. The summed E-state index contributed by atoms with van der Waals surface area (Å²) in [4.78, 5) is 14.4. The van der Waals surface area contributed by atoms with Gasteiger partial charge in [0.15, 0.2) is 0 Å². The van der Waals surface area contributed by atoms with Crippen LogP contribution in [-0.2, 0) is 14.8 Å². The van der Waals surface area contributed by atoms with E-state index in [9.17, 15) is 13.2 Å². The summed E-state index contributed by atoms with van der Waals surface area (Å²) in [6.45, 7) is 4.64. The van der Waals surface area contributed by atoms with Gasteiger partial charge in [0.2, 0.25) is 5.91 Å². The molecule has 3 rings (SSSR count). The van der Waals surface area contributed by atoms with Crippen LogP contribution in [0.2, 0.25) is 0 Å². The first kappa shape index (κ1) is 20.5. The van der Waals surface area contributed by atoms with Crippen LogP contribution in [0.15, 0.2) is 41.3 Å². The van der Waals surface area contributed by atoms with Crippen molar-refractivity contribution in [3.63, 3.8) is 0 Å². The first-order valence-electron chi connectivity index (χ1n) is 8.16. The van der Waals surface area contributed by atoms with E-state index in [1.807, 2.05) is 26.0 Å². The maximum Gasteiger partial charge on any atom is 0.265 e. The lowest BCUT2D eigenvalue weighted by Crippen LogP contribution is -2.44. The van der Waals surface area contributed by atoms with Gasteiger partial charge in [-0.1, -0.05) is 38.1 Å². The molecule has 1 aliphatic rings. The van der Waals surface area contributed by atoms with Crippen LogP contribution in [0.25, 0.3) is 10.8 Å². The number of hydrogen-bond acceptors (Lipinski definition) is 4. The molecule has 0 atom stereocenters. The van der Waals surface area contributed by atoms with Crippen LogP contribution >= 0.6 is 12.4 Å². The number of nitrogens with two attached hydrogens (primary N) is 1. The first-order chi connectivity index (χ1) is 11.7. The van der Waals surface area contributed by atoms with Gasteiger partial charge in [-0.15, -0.1) is 12.4 Å². The maximum absolute atomic E-state index is 12.9. The molecule has 0 aliphatic carbocycles. The molecule has 1 heterocycles. The van der Waals surface area contributed by atoms with Gasteiger partial charge in [0, 0.05) is 19.0 Å². The molecule has 6 nitrogen and oxygen atoms in total. The summed E-state index contributed by atoms with van der Waals surface area (Å²) in [7, 11) is -2.04. The Balaban J connectivity index is 0.00000243. The number of likely N-dealkylation sites (N-methyl/N-ethyl adjacent to an activating group) is 1. The lowest BCUT2D eigenvalue weighted by Gasteiger charge is -2.30. The van der Waals surface area contributed by atoms with Gasteiger partial charge < -0.3 is 10.6 Å². The topological polar surface area (TPSA) is 83.7 Å². The van der Waals surface area contributed by atoms with Gasteiger partial charge in [0.25, 0.3) is 10.0 Å². The summed E-state index contributed by atoms with van der Waals surface area (Å²) in [5, 5.41) is 1.54. The third-order valence-electron chi connectivity index (χ3n) is 4.60. The average Bonchev–Trinajstić information content (AvgIpc) is 2.78. The highest BCUT2D eigenvalue weighted by Crippen LogP contribution is 2.41. The number of amides is 1. The van der Waals surface area contributed by atoms with Crippen molar-refractivity contribution in [3.05, 3.63) is 36.4 Å². The van der Waals surface area contributed by atoms with Crippen LogP contribution in [0.4, 0.5) is 5.69 Å². The van der Waals surface area contributed by atoms with E-state index in [1.54, 1.807) is 36.2 Å². The largest absolute Gasteiger partial charge is 0.344 e. The Morgan fingerprint density at radius 3 is 2.42 bits per heavy atom. The molecule has 2 aromatic rings. The summed E-state index contributed by atoms with van der Waals surface area (Å²) < 4.78 is 27.0. The Labute approximate surface area is 160 Å². The highest BCUT2D eigenvalue weighted by molar-refractivity contribution is 7.93. The first-order valence-corrected chi connectivity index (χ1v) is 9.60. The minimum Gasteiger partial charge on any atom is -0.344 e. The number of carbonyl (C=O) groups is 1. The second kappa shape index (κ2) is 7.06. The highest BCUT2D eigenvalue weighted by atomic mass is 35.5. The highest BCUT2D eigenvalue weighted by Gasteiger charge is 2.37. The quantitative estimate of drug-likeness (QED) is 0.838. The van der Waals surface area contributed by atoms with Crippen LogP contribution in [-0.4, -0.2) is 45.9 Å². The van der Waals surface area contributed by atoms with E-state index in [1.165, 1.54) is 4.31 Å². The van der Waals surface area contributed by atoms with Crippen LogP contribution in [0, 0.1) is 5.41 Å². The molecule has 2 N–H and O–H groups in total. The normalized spacial score (nSPS) is 15.0. The number of carbonyl (C=O) groups excluding carboxylic acids is 1. The molecule has 142 valence electrons. The standard InChI is InChI=1S/C18H23N3O3S.ClH/c1-18(2,11-19)12-20(3)16(22)10-21-14-8-4-6-13-7-5-9-15(17(13)14)25(21,23)24;/h4-9H,10-12,19H2,1-3H3;1H. The molecule has 0 bridgehead atoms. The minimum atomic E-state index is -3.72. The number of rotatable bonds is 5. The molecule has 0 saturated heterocycles.